The van der Waals surface area contributed by atoms with Gasteiger partial charge in [0.25, 0.3) is 0 Å². The van der Waals surface area contributed by atoms with Crippen LogP contribution in [0, 0.1) is 0 Å². The molecule has 0 aromatic rings. The van der Waals surface area contributed by atoms with Crippen LogP contribution in [0.25, 0.3) is 0 Å². The van der Waals surface area contributed by atoms with Gasteiger partial charge in [0.05, 0.1) is 25.4 Å². The van der Waals surface area contributed by atoms with Crippen molar-refractivity contribution in [2.24, 2.45) is 0 Å². The molecule has 1 saturated heterocycles. The molecule has 0 aromatic carbocycles. The molecule has 1 fully saturated rings. The highest BCUT2D eigenvalue weighted by Gasteiger charge is 2.44. The molecule has 11 heteroatoms. The van der Waals surface area contributed by atoms with Crippen LogP contribution in [0.3, 0.4) is 0 Å². The lowest BCUT2D eigenvalue weighted by Gasteiger charge is -2.40. The average molecular weight is 940 g/mol. The fourth-order valence-electron chi connectivity index (χ4n) is 8.93. The number of nitrogens with one attached hydrogen (secondary N) is 1. The third kappa shape index (κ3) is 33.2. The minimum Gasteiger partial charge on any atom is -0.394 e. The zero-order valence-electron chi connectivity index (χ0n) is 42.4. The molecule has 1 amide bonds. The summed E-state index contributed by atoms with van der Waals surface area (Å²) in [6.45, 7) is 3.44. The number of unbranched alkanes of at least 4 members (excludes halogenated alkanes) is 31. The number of aliphatic hydroxyl groups is 7. The lowest BCUT2D eigenvalue weighted by Crippen LogP contribution is -2.60. The summed E-state index contributed by atoms with van der Waals surface area (Å²) in [5, 5.41) is 75.8. The van der Waals surface area contributed by atoms with Gasteiger partial charge in [-0.1, -0.05) is 224 Å². The summed E-state index contributed by atoms with van der Waals surface area (Å²) in [7, 11) is 0. The fraction of sp³-hybridized carbons (Fsp3) is 0.909. The first-order valence-corrected chi connectivity index (χ1v) is 27.7. The molecule has 11 nitrogen and oxygen atoms in total. The Hall–Kier alpha value is -1.41. The number of amides is 1. The van der Waals surface area contributed by atoms with E-state index in [-0.39, 0.29) is 12.8 Å². The van der Waals surface area contributed by atoms with E-state index >= 15 is 0 Å². The highest BCUT2D eigenvalue weighted by molar-refractivity contribution is 5.80. The smallest absolute Gasteiger partial charge is 0.249 e. The lowest BCUT2D eigenvalue weighted by atomic mass is 9.98. The topological polar surface area (TPSA) is 189 Å². The van der Waals surface area contributed by atoms with Gasteiger partial charge in [0.1, 0.15) is 36.6 Å². The molecule has 66 heavy (non-hydrogen) atoms. The molecule has 9 unspecified atom stereocenters. The largest absolute Gasteiger partial charge is 0.394 e. The van der Waals surface area contributed by atoms with Gasteiger partial charge in [-0.3, -0.25) is 4.79 Å². The summed E-state index contributed by atoms with van der Waals surface area (Å²) in [4.78, 5) is 13.1. The molecule has 1 rings (SSSR count). The van der Waals surface area contributed by atoms with Crippen LogP contribution < -0.4 is 5.32 Å². The Kier molecular flexibility index (Phi) is 42.5. The Morgan fingerprint density at radius 2 is 0.909 bits per heavy atom. The van der Waals surface area contributed by atoms with E-state index in [1.165, 1.54) is 167 Å². The number of carbonyl (C=O) groups excluding carboxylic acids is 1. The molecule has 0 bridgehead atoms. The van der Waals surface area contributed by atoms with E-state index in [0.29, 0.717) is 19.3 Å². The predicted octanol–water partition coefficient (Wildman–Crippen LogP) is 11.0. The summed E-state index contributed by atoms with van der Waals surface area (Å²) in [6, 6.07) is -1.19. The molecule has 0 spiro atoms. The van der Waals surface area contributed by atoms with E-state index in [1.54, 1.807) is 0 Å². The van der Waals surface area contributed by atoms with Crippen LogP contribution >= 0.6 is 0 Å². The van der Waals surface area contributed by atoms with Crippen LogP contribution in [-0.4, -0.2) is 110 Å². The molecule has 0 saturated carbocycles. The summed E-state index contributed by atoms with van der Waals surface area (Å²) in [5.41, 5.74) is 0. The molecule has 1 heterocycles. The number of carbonyl (C=O) groups is 1. The Morgan fingerprint density at radius 3 is 1.35 bits per heavy atom. The Morgan fingerprint density at radius 1 is 0.515 bits per heavy atom. The summed E-state index contributed by atoms with van der Waals surface area (Å²) < 4.78 is 11.1. The van der Waals surface area contributed by atoms with Gasteiger partial charge in [0.2, 0.25) is 5.91 Å². The number of rotatable bonds is 47. The van der Waals surface area contributed by atoms with Crippen molar-refractivity contribution >= 4 is 5.91 Å². The molecular weight excluding hydrogens is 835 g/mol. The summed E-state index contributed by atoms with van der Waals surface area (Å²) in [6.07, 6.45) is 41.1. The second-order valence-electron chi connectivity index (χ2n) is 19.6. The third-order valence-electron chi connectivity index (χ3n) is 13.5. The van der Waals surface area contributed by atoms with Crippen molar-refractivity contribution in [3.05, 3.63) is 24.3 Å². The summed E-state index contributed by atoms with van der Waals surface area (Å²) in [5.74, 6) is -0.709. The molecule has 390 valence electrons. The third-order valence-corrected chi connectivity index (χ3v) is 13.5. The van der Waals surface area contributed by atoms with Crippen LogP contribution in [-0.2, 0) is 14.3 Å². The van der Waals surface area contributed by atoms with Crippen LogP contribution in [0.1, 0.15) is 251 Å². The molecule has 0 aromatic heterocycles. The van der Waals surface area contributed by atoms with E-state index < -0.39 is 74.2 Å². The van der Waals surface area contributed by atoms with Crippen LogP contribution in [0.2, 0.25) is 0 Å². The molecule has 8 N–H and O–H groups in total. The quantitative estimate of drug-likeness (QED) is 0.0215. The van der Waals surface area contributed by atoms with E-state index in [9.17, 15) is 40.5 Å². The average Bonchev–Trinajstić information content (AvgIpc) is 3.32. The Balaban J connectivity index is 2.31. The van der Waals surface area contributed by atoms with Crippen LogP contribution in [0.5, 0.6) is 0 Å². The molecule has 0 aliphatic carbocycles. The van der Waals surface area contributed by atoms with Gasteiger partial charge >= 0.3 is 0 Å². The van der Waals surface area contributed by atoms with Crippen molar-refractivity contribution < 1.29 is 50.0 Å². The van der Waals surface area contributed by atoms with Crippen molar-refractivity contribution in [1.29, 1.82) is 0 Å². The predicted molar refractivity (Wildman–Crippen MR) is 270 cm³/mol. The maximum atomic E-state index is 13.1. The molecule has 9 atom stereocenters. The number of hydrogen-bond donors (Lipinski definition) is 8. The number of hydrogen-bond acceptors (Lipinski definition) is 10. The van der Waals surface area contributed by atoms with E-state index in [2.05, 4.69) is 43.5 Å². The van der Waals surface area contributed by atoms with Crippen molar-refractivity contribution in [2.45, 2.75) is 306 Å². The second kappa shape index (κ2) is 44.8. The van der Waals surface area contributed by atoms with Gasteiger partial charge in [-0.25, -0.2) is 0 Å². The standard InChI is InChI=1S/C55H105NO10/c1-3-5-7-9-11-13-15-17-18-19-20-21-22-23-24-25-26-27-28-29-30-31-33-34-36-38-40-42-47(58)50(60)46(45-65-55-53(63)52(62)51(61)49(44-57)66-55)56-54(64)48(59)43-41-39-37-35-32-16-14-12-10-8-6-4-2/h29-30,34,36,46-53,55,57-63H,3-28,31-33,35,37-45H2,1-2H3,(H,56,64)/b30-29+,36-34+. The number of aliphatic hydroxyl groups excluding tert-OH is 7. The van der Waals surface area contributed by atoms with Gasteiger partial charge in [-0.15, -0.1) is 0 Å². The number of allylic oxidation sites excluding steroid dienone is 4. The van der Waals surface area contributed by atoms with Crippen molar-refractivity contribution in [1.82, 2.24) is 5.32 Å². The summed E-state index contributed by atoms with van der Waals surface area (Å²) >= 11 is 0. The SMILES string of the molecule is CCCCCCCCCCCCCCCCCCCC/C=C/CC/C=C/CCCC(O)C(O)C(COC1OC(CO)C(O)C(O)C1O)NC(=O)C(O)CCCCCCCCCCCCCC. The van der Waals surface area contributed by atoms with Gasteiger partial charge in [-0.2, -0.15) is 0 Å². The van der Waals surface area contributed by atoms with E-state index in [4.69, 9.17) is 9.47 Å². The van der Waals surface area contributed by atoms with Crippen molar-refractivity contribution in [3.63, 3.8) is 0 Å². The lowest BCUT2D eigenvalue weighted by molar-refractivity contribution is -0.303. The zero-order chi connectivity index (χ0) is 48.3. The van der Waals surface area contributed by atoms with Crippen LogP contribution in [0.15, 0.2) is 24.3 Å². The van der Waals surface area contributed by atoms with Gasteiger partial charge in [0.15, 0.2) is 6.29 Å². The van der Waals surface area contributed by atoms with Gasteiger partial charge in [-0.05, 0) is 51.4 Å². The monoisotopic (exact) mass is 940 g/mol. The highest BCUT2D eigenvalue weighted by Crippen LogP contribution is 2.23. The van der Waals surface area contributed by atoms with Gasteiger partial charge in [0, 0.05) is 0 Å². The normalized spacial score (nSPS) is 20.9. The molecule has 0 radical (unpaired) electrons. The highest BCUT2D eigenvalue weighted by atomic mass is 16.7. The first kappa shape index (κ1) is 62.6. The minimum atomic E-state index is -1.67. The second-order valence-corrected chi connectivity index (χ2v) is 19.6. The van der Waals surface area contributed by atoms with Crippen molar-refractivity contribution in [2.75, 3.05) is 13.2 Å². The zero-order valence-corrected chi connectivity index (χ0v) is 42.4. The van der Waals surface area contributed by atoms with E-state index in [0.717, 1.165) is 38.5 Å². The minimum absolute atomic E-state index is 0.249. The van der Waals surface area contributed by atoms with Crippen molar-refractivity contribution in [3.8, 4) is 0 Å². The molecule has 1 aliphatic rings. The van der Waals surface area contributed by atoms with Crippen LogP contribution in [0.4, 0.5) is 0 Å². The van der Waals surface area contributed by atoms with E-state index in [1.807, 2.05) is 0 Å². The first-order valence-electron chi connectivity index (χ1n) is 27.7. The Bertz CT molecular complexity index is 1120. The maximum absolute atomic E-state index is 13.1. The maximum Gasteiger partial charge on any atom is 0.249 e. The number of ether oxygens (including phenoxy) is 2. The molecule has 1 aliphatic heterocycles. The Labute approximate surface area is 404 Å². The molecular formula is C55H105NO10. The first-order chi connectivity index (χ1) is 32.2. The van der Waals surface area contributed by atoms with Gasteiger partial charge < -0.3 is 50.5 Å². The fourth-order valence-corrected chi connectivity index (χ4v) is 8.93.